The fraction of sp³-hybridized carbons (Fsp3) is 0.368. The van der Waals surface area contributed by atoms with Gasteiger partial charge in [-0.1, -0.05) is 15.9 Å². The van der Waals surface area contributed by atoms with E-state index < -0.39 is 0 Å². The predicted octanol–water partition coefficient (Wildman–Crippen LogP) is 3.26. The summed E-state index contributed by atoms with van der Waals surface area (Å²) in [7, 11) is 1.73. The monoisotopic (exact) mass is 430 g/mol. The van der Waals surface area contributed by atoms with Gasteiger partial charge < -0.3 is 14.0 Å². The van der Waals surface area contributed by atoms with E-state index in [2.05, 4.69) is 30.9 Å². The summed E-state index contributed by atoms with van der Waals surface area (Å²) in [5.74, 6) is 0.669. The zero-order valence-corrected chi connectivity index (χ0v) is 16.4. The summed E-state index contributed by atoms with van der Waals surface area (Å²) >= 11 is 3.50. The van der Waals surface area contributed by atoms with E-state index in [-0.39, 0.29) is 17.8 Å². The highest BCUT2D eigenvalue weighted by Gasteiger charge is 2.25. The van der Waals surface area contributed by atoms with E-state index in [1.165, 1.54) is 6.20 Å². The van der Waals surface area contributed by atoms with E-state index in [4.69, 9.17) is 9.47 Å². The van der Waals surface area contributed by atoms with Crippen molar-refractivity contribution in [1.29, 1.82) is 0 Å². The molecule has 0 amide bonds. The topological polar surface area (TPSA) is 79.1 Å². The Hall–Kier alpha value is -2.48. The van der Waals surface area contributed by atoms with Gasteiger partial charge in [0.05, 0.1) is 17.8 Å². The first-order valence-electron chi connectivity index (χ1n) is 8.86. The SMILES string of the molecule is Cn1c(=O)cnc2cc(Br)cc(OC3CCC(Oc4ncccn4)CC3)c21. The molecule has 0 bridgehead atoms. The van der Waals surface area contributed by atoms with Crippen LogP contribution < -0.4 is 15.0 Å². The Morgan fingerprint density at radius 2 is 1.70 bits per heavy atom. The molecule has 3 aromatic rings. The van der Waals surface area contributed by atoms with Gasteiger partial charge in [-0.2, -0.15) is 0 Å². The van der Waals surface area contributed by atoms with Crippen molar-refractivity contribution in [2.24, 2.45) is 7.05 Å². The van der Waals surface area contributed by atoms with Gasteiger partial charge >= 0.3 is 6.01 Å². The van der Waals surface area contributed by atoms with Gasteiger partial charge in [-0.3, -0.25) is 4.79 Å². The van der Waals surface area contributed by atoms with Gasteiger partial charge in [0.15, 0.2) is 0 Å². The fourth-order valence-electron chi connectivity index (χ4n) is 3.35. The van der Waals surface area contributed by atoms with Crippen LogP contribution in [-0.2, 0) is 7.05 Å². The third kappa shape index (κ3) is 3.95. The van der Waals surface area contributed by atoms with Crippen LogP contribution in [0.5, 0.6) is 11.8 Å². The summed E-state index contributed by atoms with van der Waals surface area (Å²) in [5, 5.41) is 0. The van der Waals surface area contributed by atoms with Crippen molar-refractivity contribution in [2.75, 3.05) is 0 Å². The summed E-state index contributed by atoms with van der Waals surface area (Å²) in [6.07, 6.45) is 8.29. The van der Waals surface area contributed by atoms with E-state index in [1.54, 1.807) is 30.1 Å². The van der Waals surface area contributed by atoms with E-state index in [1.807, 2.05) is 12.1 Å². The Labute approximate surface area is 164 Å². The van der Waals surface area contributed by atoms with Crippen molar-refractivity contribution < 1.29 is 9.47 Å². The summed E-state index contributed by atoms with van der Waals surface area (Å²) < 4.78 is 14.5. The molecule has 140 valence electrons. The molecule has 2 heterocycles. The fourth-order valence-corrected chi connectivity index (χ4v) is 3.77. The lowest BCUT2D eigenvalue weighted by Gasteiger charge is -2.29. The van der Waals surface area contributed by atoms with Crippen molar-refractivity contribution in [3.05, 3.63) is 51.6 Å². The number of halogens is 1. The summed E-state index contributed by atoms with van der Waals surface area (Å²) in [6.45, 7) is 0. The number of fused-ring (bicyclic) bond motifs is 1. The molecule has 1 aliphatic carbocycles. The normalized spacial score (nSPS) is 19.8. The van der Waals surface area contributed by atoms with E-state index >= 15 is 0 Å². The first-order chi connectivity index (χ1) is 13.1. The van der Waals surface area contributed by atoms with Crippen LogP contribution in [0.4, 0.5) is 0 Å². The number of nitrogens with zero attached hydrogens (tertiary/aromatic N) is 4. The lowest BCUT2D eigenvalue weighted by Crippen LogP contribution is -2.30. The minimum absolute atomic E-state index is 0.0642. The average molecular weight is 431 g/mol. The molecule has 0 aliphatic heterocycles. The largest absolute Gasteiger partial charge is 0.488 e. The Bertz CT molecular complexity index is 1000. The zero-order valence-electron chi connectivity index (χ0n) is 14.8. The number of ether oxygens (including phenoxy) is 2. The molecule has 0 spiro atoms. The van der Waals surface area contributed by atoms with Gasteiger partial charge in [0.25, 0.3) is 5.56 Å². The molecule has 8 heteroatoms. The van der Waals surface area contributed by atoms with Crippen LogP contribution in [0.2, 0.25) is 0 Å². The maximum atomic E-state index is 12.0. The molecule has 0 N–H and O–H groups in total. The molecule has 27 heavy (non-hydrogen) atoms. The van der Waals surface area contributed by atoms with Crippen LogP contribution in [0.15, 0.2) is 46.1 Å². The Kier molecular flexibility index (Phi) is 5.07. The van der Waals surface area contributed by atoms with Gasteiger partial charge in [-0.05, 0) is 43.9 Å². The van der Waals surface area contributed by atoms with Gasteiger partial charge in [-0.15, -0.1) is 0 Å². The molecule has 1 fully saturated rings. The van der Waals surface area contributed by atoms with Gasteiger partial charge in [0.1, 0.15) is 17.4 Å². The lowest BCUT2D eigenvalue weighted by molar-refractivity contribution is 0.0756. The molecule has 1 saturated carbocycles. The number of hydrogen-bond donors (Lipinski definition) is 0. The maximum Gasteiger partial charge on any atom is 0.316 e. The van der Waals surface area contributed by atoms with Crippen LogP contribution >= 0.6 is 15.9 Å². The standard InChI is InChI=1S/C19H19BrN4O3/c1-24-17(25)11-23-15-9-12(20)10-16(18(15)24)26-13-3-5-14(6-4-13)27-19-21-7-2-8-22-19/h2,7-11,13-14H,3-6H2,1H3. The number of aryl methyl sites for hydroxylation is 1. The van der Waals surface area contributed by atoms with E-state index in [0.29, 0.717) is 17.3 Å². The first kappa shape index (κ1) is 17.9. The molecule has 0 atom stereocenters. The molecule has 1 aliphatic rings. The second-order valence-corrected chi connectivity index (χ2v) is 7.51. The first-order valence-corrected chi connectivity index (χ1v) is 9.65. The van der Waals surface area contributed by atoms with Crippen molar-refractivity contribution in [3.63, 3.8) is 0 Å². The third-order valence-corrected chi connectivity index (χ3v) is 5.19. The molecule has 0 unspecified atom stereocenters. The van der Waals surface area contributed by atoms with Crippen molar-refractivity contribution in [2.45, 2.75) is 37.9 Å². The van der Waals surface area contributed by atoms with Gasteiger partial charge in [0, 0.05) is 23.9 Å². The predicted molar refractivity (Wildman–Crippen MR) is 104 cm³/mol. The van der Waals surface area contributed by atoms with Crippen LogP contribution in [0.25, 0.3) is 11.0 Å². The third-order valence-electron chi connectivity index (χ3n) is 4.73. The molecule has 2 aromatic heterocycles. The van der Waals surface area contributed by atoms with Gasteiger partial charge in [-0.25, -0.2) is 15.0 Å². The minimum atomic E-state index is -0.158. The highest BCUT2D eigenvalue weighted by Crippen LogP contribution is 2.32. The number of aromatic nitrogens is 4. The molecule has 7 nitrogen and oxygen atoms in total. The maximum absolute atomic E-state index is 12.0. The second-order valence-electron chi connectivity index (χ2n) is 6.59. The zero-order chi connectivity index (χ0) is 18.8. The number of benzene rings is 1. The lowest BCUT2D eigenvalue weighted by atomic mass is 9.95. The molecule has 0 saturated heterocycles. The average Bonchev–Trinajstić information content (AvgIpc) is 2.67. The summed E-state index contributed by atoms with van der Waals surface area (Å²) in [4.78, 5) is 24.4. The van der Waals surface area contributed by atoms with Crippen molar-refractivity contribution in [3.8, 4) is 11.8 Å². The van der Waals surface area contributed by atoms with Gasteiger partial charge in [0.2, 0.25) is 0 Å². The summed E-state index contributed by atoms with van der Waals surface area (Å²) in [6, 6.07) is 5.96. The van der Waals surface area contributed by atoms with Crippen molar-refractivity contribution >= 4 is 27.0 Å². The van der Waals surface area contributed by atoms with Crippen LogP contribution in [-0.4, -0.2) is 31.7 Å². The molecular formula is C19H19BrN4O3. The molecule has 4 rings (SSSR count). The smallest absolute Gasteiger partial charge is 0.316 e. The highest BCUT2D eigenvalue weighted by molar-refractivity contribution is 9.10. The van der Waals surface area contributed by atoms with Crippen molar-refractivity contribution in [1.82, 2.24) is 19.5 Å². The Morgan fingerprint density at radius 3 is 2.41 bits per heavy atom. The highest BCUT2D eigenvalue weighted by atomic mass is 79.9. The second kappa shape index (κ2) is 7.64. The van der Waals surface area contributed by atoms with Crippen LogP contribution in [0.3, 0.4) is 0 Å². The quantitative estimate of drug-likeness (QED) is 0.631. The molecule has 1 aromatic carbocycles. The van der Waals surface area contributed by atoms with E-state index in [9.17, 15) is 4.79 Å². The molecule has 0 radical (unpaired) electrons. The van der Waals surface area contributed by atoms with E-state index in [0.717, 1.165) is 35.7 Å². The summed E-state index contributed by atoms with van der Waals surface area (Å²) in [5.41, 5.74) is 1.27. The van der Waals surface area contributed by atoms with Crippen LogP contribution in [0, 0.1) is 0 Å². The Morgan fingerprint density at radius 1 is 1.04 bits per heavy atom. The van der Waals surface area contributed by atoms with Crippen LogP contribution in [0.1, 0.15) is 25.7 Å². The number of rotatable bonds is 4. The Balaban J connectivity index is 1.48. The number of hydrogen-bond acceptors (Lipinski definition) is 6. The molecular weight excluding hydrogens is 412 g/mol. The minimum Gasteiger partial charge on any atom is -0.488 e.